The number of amides is 1. The van der Waals surface area contributed by atoms with Crippen LogP contribution in [0.5, 0.6) is 5.75 Å². The molecule has 2 aromatic rings. The predicted octanol–water partition coefficient (Wildman–Crippen LogP) is 3.73. The molecule has 0 fully saturated rings. The molecule has 0 atom stereocenters. The van der Waals surface area contributed by atoms with Gasteiger partial charge < -0.3 is 15.2 Å². The van der Waals surface area contributed by atoms with Gasteiger partial charge in [-0.2, -0.15) is 0 Å². The van der Waals surface area contributed by atoms with Crippen LogP contribution in [0.15, 0.2) is 30.3 Å². The molecule has 1 aromatic carbocycles. The Hall–Kier alpha value is -2.34. The maximum Gasteiger partial charge on any atom is 0.339 e. The number of hydrogen-bond acceptors (Lipinski definition) is 4. The van der Waals surface area contributed by atoms with E-state index in [0.717, 1.165) is 36.1 Å². The lowest BCUT2D eigenvalue weighted by Gasteiger charge is -2.10. The van der Waals surface area contributed by atoms with Crippen LogP contribution in [0.1, 0.15) is 40.1 Å². The highest BCUT2D eigenvalue weighted by molar-refractivity contribution is 7.17. The molecule has 2 N–H and O–H groups in total. The summed E-state index contributed by atoms with van der Waals surface area (Å²) in [6.45, 7) is 0.253. The monoisotopic (exact) mass is 345 g/mol. The Morgan fingerprint density at radius 1 is 1.17 bits per heavy atom. The van der Waals surface area contributed by atoms with Gasteiger partial charge in [-0.3, -0.25) is 4.79 Å². The number of aryl methyl sites for hydroxylation is 1. The first-order chi connectivity index (χ1) is 11.6. The van der Waals surface area contributed by atoms with E-state index in [0.29, 0.717) is 10.8 Å². The summed E-state index contributed by atoms with van der Waals surface area (Å²) in [6, 6.07) is 9.28. The van der Waals surface area contributed by atoms with E-state index in [4.69, 9.17) is 4.74 Å². The van der Waals surface area contributed by atoms with Gasteiger partial charge in [0.25, 0.3) is 0 Å². The third kappa shape index (κ3) is 3.76. The molecule has 3 rings (SSSR count). The van der Waals surface area contributed by atoms with Gasteiger partial charge in [-0.15, -0.1) is 11.3 Å². The molecular formula is C18H19NO4S. The molecular weight excluding hydrogens is 326 g/mol. The first-order valence-corrected chi connectivity index (χ1v) is 8.82. The Morgan fingerprint density at radius 3 is 2.67 bits per heavy atom. The number of benzene rings is 1. The van der Waals surface area contributed by atoms with Gasteiger partial charge in [0.1, 0.15) is 10.8 Å². The van der Waals surface area contributed by atoms with Crippen molar-refractivity contribution in [2.24, 2.45) is 0 Å². The van der Waals surface area contributed by atoms with Gasteiger partial charge in [0.15, 0.2) is 0 Å². The summed E-state index contributed by atoms with van der Waals surface area (Å²) in [4.78, 5) is 24.8. The van der Waals surface area contributed by atoms with Crippen LogP contribution in [-0.2, 0) is 17.6 Å². The molecule has 0 bridgehead atoms. The number of aromatic carboxylic acids is 1. The lowest BCUT2D eigenvalue weighted by molar-refractivity contribution is -0.116. The lowest BCUT2D eigenvalue weighted by Crippen LogP contribution is -2.16. The molecule has 0 unspecified atom stereocenters. The van der Waals surface area contributed by atoms with Crippen LogP contribution in [0.25, 0.3) is 0 Å². The number of carboxylic acid groups (broad SMARTS) is 1. The first-order valence-electron chi connectivity index (χ1n) is 8.00. The van der Waals surface area contributed by atoms with Crippen molar-refractivity contribution in [2.75, 3.05) is 11.9 Å². The second-order valence-electron chi connectivity index (χ2n) is 5.68. The summed E-state index contributed by atoms with van der Waals surface area (Å²) in [7, 11) is 0. The molecule has 0 saturated carbocycles. The van der Waals surface area contributed by atoms with E-state index >= 15 is 0 Å². The fraction of sp³-hybridized carbons (Fsp3) is 0.333. The van der Waals surface area contributed by atoms with E-state index in [-0.39, 0.29) is 24.5 Å². The molecule has 0 radical (unpaired) electrons. The predicted molar refractivity (Wildman–Crippen MR) is 93.1 cm³/mol. The van der Waals surface area contributed by atoms with Gasteiger partial charge in [0.05, 0.1) is 18.6 Å². The van der Waals surface area contributed by atoms with Crippen molar-refractivity contribution in [2.45, 2.75) is 32.1 Å². The van der Waals surface area contributed by atoms with Crippen molar-refractivity contribution in [3.8, 4) is 5.75 Å². The van der Waals surface area contributed by atoms with Crippen molar-refractivity contribution in [1.82, 2.24) is 0 Å². The quantitative estimate of drug-likeness (QED) is 0.836. The minimum Gasteiger partial charge on any atom is -0.493 e. The van der Waals surface area contributed by atoms with Gasteiger partial charge in [0, 0.05) is 4.88 Å². The number of thiophene rings is 1. The van der Waals surface area contributed by atoms with E-state index in [9.17, 15) is 14.7 Å². The normalized spacial score (nSPS) is 13.2. The van der Waals surface area contributed by atoms with Crippen LogP contribution in [0.4, 0.5) is 5.00 Å². The van der Waals surface area contributed by atoms with Crippen LogP contribution in [0, 0.1) is 0 Å². The number of hydrogen-bond donors (Lipinski definition) is 2. The zero-order valence-corrected chi connectivity index (χ0v) is 14.0. The van der Waals surface area contributed by atoms with Gasteiger partial charge in [0.2, 0.25) is 5.91 Å². The van der Waals surface area contributed by atoms with Crippen molar-refractivity contribution in [1.29, 1.82) is 0 Å². The highest BCUT2D eigenvalue weighted by Crippen LogP contribution is 2.38. The van der Waals surface area contributed by atoms with Gasteiger partial charge in [-0.25, -0.2) is 4.79 Å². The largest absolute Gasteiger partial charge is 0.493 e. The second kappa shape index (κ2) is 7.49. The number of rotatable bonds is 6. The summed E-state index contributed by atoms with van der Waals surface area (Å²) >= 11 is 1.39. The molecule has 126 valence electrons. The van der Waals surface area contributed by atoms with Gasteiger partial charge in [-0.1, -0.05) is 18.2 Å². The molecule has 1 aromatic heterocycles. The zero-order chi connectivity index (χ0) is 16.9. The van der Waals surface area contributed by atoms with Crippen LogP contribution in [0.3, 0.4) is 0 Å². The third-order valence-corrected chi connectivity index (χ3v) is 5.19. The Bertz CT molecular complexity index is 739. The summed E-state index contributed by atoms with van der Waals surface area (Å²) in [5.41, 5.74) is 1.17. The summed E-state index contributed by atoms with van der Waals surface area (Å²) < 4.78 is 5.50. The van der Waals surface area contributed by atoms with Crippen LogP contribution in [0.2, 0.25) is 0 Å². The molecule has 0 spiro atoms. The van der Waals surface area contributed by atoms with Gasteiger partial charge >= 0.3 is 5.97 Å². The number of anilines is 1. The maximum absolute atomic E-state index is 12.1. The second-order valence-corrected chi connectivity index (χ2v) is 6.79. The lowest BCUT2D eigenvalue weighted by atomic mass is 9.95. The molecule has 5 nitrogen and oxygen atoms in total. The molecule has 6 heteroatoms. The van der Waals surface area contributed by atoms with Crippen molar-refractivity contribution in [3.05, 3.63) is 46.3 Å². The highest BCUT2D eigenvalue weighted by atomic mass is 32.1. The smallest absolute Gasteiger partial charge is 0.339 e. The fourth-order valence-electron chi connectivity index (χ4n) is 2.85. The minimum absolute atomic E-state index is 0.177. The first kappa shape index (κ1) is 16.5. The van der Waals surface area contributed by atoms with E-state index in [1.54, 1.807) is 0 Å². The topological polar surface area (TPSA) is 75.6 Å². The summed E-state index contributed by atoms with van der Waals surface area (Å²) in [6.07, 6.45) is 3.93. The Labute approximate surface area is 144 Å². The number of ether oxygens (including phenoxy) is 1. The fourth-order valence-corrected chi connectivity index (χ4v) is 4.15. The van der Waals surface area contributed by atoms with E-state index in [1.807, 2.05) is 30.3 Å². The number of nitrogens with one attached hydrogen (secondary N) is 1. The SMILES string of the molecule is O=C(CCOc1ccccc1)Nc1sc2c(c1C(=O)O)CCCC2. The standard InChI is InChI=1S/C18H19NO4S/c20-15(10-11-23-12-6-2-1-3-7-12)19-17-16(18(21)22)13-8-4-5-9-14(13)24-17/h1-3,6-7H,4-5,8-11H2,(H,19,20)(H,21,22). The summed E-state index contributed by atoms with van der Waals surface area (Å²) in [5.74, 6) is -0.486. The van der Waals surface area contributed by atoms with Crippen molar-refractivity contribution in [3.63, 3.8) is 0 Å². The van der Waals surface area contributed by atoms with Crippen LogP contribution >= 0.6 is 11.3 Å². The highest BCUT2D eigenvalue weighted by Gasteiger charge is 2.25. The Balaban J connectivity index is 1.62. The third-order valence-electron chi connectivity index (χ3n) is 3.98. The summed E-state index contributed by atoms with van der Waals surface area (Å²) in [5, 5.41) is 12.7. The molecule has 1 aliphatic carbocycles. The Morgan fingerprint density at radius 2 is 1.92 bits per heavy atom. The van der Waals surface area contributed by atoms with Crippen molar-refractivity contribution < 1.29 is 19.4 Å². The average Bonchev–Trinajstić information content (AvgIpc) is 2.93. The van der Waals surface area contributed by atoms with E-state index < -0.39 is 5.97 Å². The van der Waals surface area contributed by atoms with Crippen LogP contribution < -0.4 is 10.1 Å². The molecule has 1 aliphatic rings. The number of carboxylic acids is 1. The van der Waals surface area contributed by atoms with Crippen LogP contribution in [-0.4, -0.2) is 23.6 Å². The van der Waals surface area contributed by atoms with E-state index in [2.05, 4.69) is 5.32 Å². The number of carbonyl (C=O) groups excluding carboxylic acids is 1. The zero-order valence-electron chi connectivity index (χ0n) is 13.2. The van der Waals surface area contributed by atoms with Gasteiger partial charge in [-0.05, 0) is 43.4 Å². The van der Waals surface area contributed by atoms with Crippen molar-refractivity contribution >= 4 is 28.2 Å². The molecule has 1 amide bonds. The number of carbonyl (C=O) groups is 2. The number of para-hydroxylation sites is 1. The number of fused-ring (bicyclic) bond motifs is 1. The minimum atomic E-state index is -0.967. The molecule has 0 saturated heterocycles. The molecule has 0 aliphatic heterocycles. The average molecular weight is 345 g/mol. The molecule has 24 heavy (non-hydrogen) atoms. The molecule has 1 heterocycles. The van der Waals surface area contributed by atoms with E-state index in [1.165, 1.54) is 11.3 Å². The maximum atomic E-state index is 12.1. The Kier molecular flexibility index (Phi) is 5.15.